The molecule has 146 valence electrons. The van der Waals surface area contributed by atoms with Crippen molar-refractivity contribution in [2.45, 2.75) is 50.3 Å². The summed E-state index contributed by atoms with van der Waals surface area (Å²) < 4.78 is 26.8. The predicted molar refractivity (Wildman–Crippen MR) is 106 cm³/mol. The minimum atomic E-state index is -3.55. The first-order valence-electron chi connectivity index (χ1n) is 9.24. The van der Waals surface area contributed by atoms with Crippen LogP contribution < -0.4 is 5.32 Å². The molecular formula is C18H24N4O3S2. The van der Waals surface area contributed by atoms with Gasteiger partial charge in [-0.15, -0.1) is 10.2 Å². The minimum Gasteiger partial charge on any atom is -0.296 e. The first-order chi connectivity index (χ1) is 13.0. The van der Waals surface area contributed by atoms with Gasteiger partial charge in [0.2, 0.25) is 15.2 Å². The molecule has 9 heteroatoms. The maximum atomic E-state index is 12.7. The summed E-state index contributed by atoms with van der Waals surface area (Å²) in [7, 11) is -3.55. The Kier molecular flexibility index (Phi) is 6.56. The number of hydrogen-bond donors (Lipinski definition) is 1. The van der Waals surface area contributed by atoms with Crippen LogP contribution in [-0.4, -0.2) is 41.9 Å². The van der Waals surface area contributed by atoms with Crippen LogP contribution in [0.4, 0.5) is 5.13 Å². The van der Waals surface area contributed by atoms with Gasteiger partial charge in [-0.3, -0.25) is 10.1 Å². The second-order valence-electron chi connectivity index (χ2n) is 6.55. The average molecular weight is 409 g/mol. The zero-order valence-electron chi connectivity index (χ0n) is 15.3. The second-order valence-corrected chi connectivity index (χ2v) is 9.55. The van der Waals surface area contributed by atoms with Crippen molar-refractivity contribution in [2.75, 3.05) is 18.4 Å². The van der Waals surface area contributed by atoms with E-state index in [0.29, 0.717) is 18.2 Å². The topological polar surface area (TPSA) is 92.3 Å². The zero-order valence-corrected chi connectivity index (χ0v) is 17.0. The molecule has 0 atom stereocenters. The first-order valence-corrected chi connectivity index (χ1v) is 11.5. The molecule has 1 fully saturated rings. The highest BCUT2D eigenvalue weighted by molar-refractivity contribution is 7.89. The Morgan fingerprint density at radius 1 is 1.22 bits per heavy atom. The van der Waals surface area contributed by atoms with Crippen molar-refractivity contribution in [2.24, 2.45) is 0 Å². The molecule has 0 bridgehead atoms. The summed E-state index contributed by atoms with van der Waals surface area (Å²) in [4.78, 5) is 12.7. The van der Waals surface area contributed by atoms with Crippen molar-refractivity contribution in [1.82, 2.24) is 14.5 Å². The summed E-state index contributed by atoms with van der Waals surface area (Å²) in [6.07, 6.45) is 5.92. The number of anilines is 1. The Labute approximate surface area is 163 Å². The summed E-state index contributed by atoms with van der Waals surface area (Å²) in [6.45, 7) is 3.21. The summed E-state index contributed by atoms with van der Waals surface area (Å²) in [5.41, 5.74) is 0.290. The third-order valence-corrected chi connectivity index (χ3v) is 7.27. The van der Waals surface area contributed by atoms with E-state index in [-0.39, 0.29) is 16.4 Å². The zero-order chi connectivity index (χ0) is 19.3. The Bertz CT molecular complexity index is 890. The number of aryl methyl sites for hydroxylation is 1. The van der Waals surface area contributed by atoms with Crippen LogP contribution in [0.5, 0.6) is 0 Å². The van der Waals surface area contributed by atoms with Gasteiger partial charge in [-0.05, 0) is 37.5 Å². The lowest BCUT2D eigenvalue weighted by molar-refractivity contribution is 0.102. The molecule has 2 heterocycles. The Hall–Kier alpha value is -1.84. The van der Waals surface area contributed by atoms with Crippen molar-refractivity contribution in [3.05, 3.63) is 34.8 Å². The van der Waals surface area contributed by atoms with Gasteiger partial charge in [0.25, 0.3) is 5.91 Å². The number of nitrogens with one attached hydrogen (secondary N) is 1. The van der Waals surface area contributed by atoms with Gasteiger partial charge in [-0.2, -0.15) is 4.31 Å². The van der Waals surface area contributed by atoms with Gasteiger partial charge >= 0.3 is 0 Å². The second kappa shape index (κ2) is 8.90. The first kappa shape index (κ1) is 19.9. The summed E-state index contributed by atoms with van der Waals surface area (Å²) in [6, 6.07) is 6.14. The van der Waals surface area contributed by atoms with Crippen LogP contribution in [0, 0.1) is 0 Å². The lowest BCUT2D eigenvalue weighted by Crippen LogP contribution is -2.28. The molecule has 27 heavy (non-hydrogen) atoms. The number of aromatic nitrogens is 2. The number of sulfonamides is 1. The molecule has 0 unspecified atom stereocenters. The van der Waals surface area contributed by atoms with E-state index in [0.717, 1.165) is 43.5 Å². The van der Waals surface area contributed by atoms with Gasteiger partial charge in [0, 0.05) is 25.1 Å². The molecule has 0 radical (unpaired) electrons. The minimum absolute atomic E-state index is 0.148. The molecule has 2 aromatic rings. The van der Waals surface area contributed by atoms with Crippen molar-refractivity contribution < 1.29 is 13.2 Å². The molecule has 3 rings (SSSR count). The Morgan fingerprint density at radius 3 is 2.74 bits per heavy atom. The molecule has 1 aromatic heterocycles. The lowest BCUT2D eigenvalue weighted by Gasteiger charge is -2.15. The maximum absolute atomic E-state index is 12.7. The molecule has 1 aromatic carbocycles. The molecule has 0 aliphatic carbocycles. The highest BCUT2D eigenvalue weighted by Gasteiger charge is 2.27. The van der Waals surface area contributed by atoms with Crippen molar-refractivity contribution >= 4 is 32.4 Å². The van der Waals surface area contributed by atoms with Crippen molar-refractivity contribution in [3.8, 4) is 0 Å². The fourth-order valence-electron chi connectivity index (χ4n) is 2.98. The fraction of sp³-hybridized carbons (Fsp3) is 0.500. The molecule has 1 N–H and O–H groups in total. The van der Waals surface area contributed by atoms with Crippen molar-refractivity contribution in [3.63, 3.8) is 0 Å². The number of benzene rings is 1. The third-order valence-electron chi connectivity index (χ3n) is 4.48. The van der Waals surface area contributed by atoms with Crippen LogP contribution in [-0.2, 0) is 16.4 Å². The van der Waals surface area contributed by atoms with Gasteiger partial charge in [-0.25, -0.2) is 8.42 Å². The Morgan fingerprint density at radius 2 is 2.00 bits per heavy atom. The number of unbranched alkanes of at least 4 members (excludes halogenated alkanes) is 2. The third kappa shape index (κ3) is 4.91. The van der Waals surface area contributed by atoms with E-state index in [1.54, 1.807) is 12.1 Å². The van der Waals surface area contributed by atoms with Crippen LogP contribution in [0.15, 0.2) is 29.2 Å². The predicted octanol–water partition coefficient (Wildman–Crippen LogP) is 3.31. The van der Waals surface area contributed by atoms with Gasteiger partial charge in [0.15, 0.2) is 0 Å². The largest absolute Gasteiger partial charge is 0.296 e. The van der Waals surface area contributed by atoms with Crippen LogP contribution in [0.1, 0.15) is 54.4 Å². The standard InChI is InChI=1S/C18H24N4O3S2/c1-2-3-4-10-16-20-21-18(26-16)19-17(23)14-8-7-9-15(13-14)27(24,25)22-11-5-6-12-22/h7-9,13H,2-6,10-12H2,1H3,(H,19,21,23). The maximum Gasteiger partial charge on any atom is 0.257 e. The van der Waals surface area contributed by atoms with Gasteiger partial charge in [0.1, 0.15) is 5.01 Å². The van der Waals surface area contributed by atoms with Gasteiger partial charge in [-0.1, -0.05) is 37.2 Å². The molecule has 1 saturated heterocycles. The monoisotopic (exact) mass is 408 g/mol. The van der Waals surface area contributed by atoms with Crippen LogP contribution in [0.3, 0.4) is 0 Å². The molecule has 0 saturated carbocycles. The van der Waals surface area contributed by atoms with Gasteiger partial charge in [0.05, 0.1) is 4.90 Å². The summed E-state index contributed by atoms with van der Waals surface area (Å²) in [5.74, 6) is -0.385. The van der Waals surface area contributed by atoms with Crippen LogP contribution >= 0.6 is 11.3 Å². The molecular weight excluding hydrogens is 384 g/mol. The molecule has 0 spiro atoms. The molecule has 1 aliphatic heterocycles. The van der Waals surface area contributed by atoms with Gasteiger partial charge < -0.3 is 0 Å². The highest BCUT2D eigenvalue weighted by Crippen LogP contribution is 2.23. The quantitative estimate of drug-likeness (QED) is 0.677. The number of carbonyl (C=O) groups excluding carboxylic acids is 1. The van der Waals surface area contributed by atoms with E-state index in [9.17, 15) is 13.2 Å². The number of amides is 1. The lowest BCUT2D eigenvalue weighted by atomic mass is 10.2. The van der Waals surface area contributed by atoms with E-state index in [1.165, 1.54) is 27.8 Å². The Balaban J connectivity index is 1.69. The van der Waals surface area contributed by atoms with E-state index >= 15 is 0 Å². The number of nitrogens with zero attached hydrogens (tertiary/aromatic N) is 3. The molecule has 7 nitrogen and oxygen atoms in total. The van der Waals surface area contributed by atoms with Crippen LogP contribution in [0.2, 0.25) is 0 Å². The summed E-state index contributed by atoms with van der Waals surface area (Å²) in [5, 5.41) is 12.1. The normalized spacial score (nSPS) is 15.1. The number of carbonyl (C=O) groups is 1. The fourth-order valence-corrected chi connectivity index (χ4v) is 5.32. The van der Waals surface area contributed by atoms with Crippen LogP contribution in [0.25, 0.3) is 0 Å². The average Bonchev–Trinajstić information content (AvgIpc) is 3.34. The highest BCUT2D eigenvalue weighted by atomic mass is 32.2. The number of hydrogen-bond acceptors (Lipinski definition) is 6. The van der Waals surface area contributed by atoms with Crippen molar-refractivity contribution in [1.29, 1.82) is 0 Å². The number of rotatable bonds is 8. The molecule has 1 amide bonds. The SMILES string of the molecule is CCCCCc1nnc(NC(=O)c2cccc(S(=O)(=O)N3CCCC3)c2)s1. The molecule has 1 aliphatic rings. The smallest absolute Gasteiger partial charge is 0.257 e. The van der Waals surface area contributed by atoms with E-state index in [4.69, 9.17) is 0 Å². The van der Waals surface area contributed by atoms with E-state index in [2.05, 4.69) is 22.4 Å². The van der Waals surface area contributed by atoms with E-state index < -0.39 is 10.0 Å². The van der Waals surface area contributed by atoms with E-state index in [1.807, 2.05) is 0 Å². The summed E-state index contributed by atoms with van der Waals surface area (Å²) >= 11 is 1.36.